The van der Waals surface area contributed by atoms with Gasteiger partial charge in [-0.1, -0.05) is 24.3 Å². The predicted molar refractivity (Wildman–Crippen MR) is 65.0 cm³/mol. The highest BCUT2D eigenvalue weighted by molar-refractivity contribution is 6.00. The van der Waals surface area contributed by atoms with Gasteiger partial charge >= 0.3 is 0 Å². The number of hydrogen-bond donors (Lipinski definition) is 0. The van der Waals surface area contributed by atoms with Gasteiger partial charge in [-0.15, -0.1) is 0 Å². The number of benzene rings is 1. The molecule has 3 rings (SSSR count). The molecule has 1 aromatic heterocycles. The molecule has 2 nitrogen and oxygen atoms in total. The highest BCUT2D eigenvalue weighted by Gasteiger charge is 2.27. The summed E-state index contributed by atoms with van der Waals surface area (Å²) in [6.07, 6.45) is 4.31. The van der Waals surface area contributed by atoms with E-state index in [1.54, 1.807) is 6.26 Å². The molecule has 86 valence electrons. The standard InChI is InChI=1S/C15H14O2/c16-15-12(10-13-5-3-9-17-13)8-7-11-4-1-2-6-14(11)15/h1-6,9,12H,7-8,10H2. The second kappa shape index (κ2) is 4.21. The number of carbonyl (C=O) groups excluding carboxylic acids is 1. The Kier molecular flexibility index (Phi) is 2.56. The molecule has 17 heavy (non-hydrogen) atoms. The number of rotatable bonds is 2. The van der Waals surface area contributed by atoms with Crippen molar-refractivity contribution in [3.05, 3.63) is 59.5 Å². The van der Waals surface area contributed by atoms with Crippen LogP contribution in [-0.2, 0) is 12.8 Å². The number of carbonyl (C=O) groups is 1. The lowest BCUT2D eigenvalue weighted by atomic mass is 9.81. The molecule has 0 saturated heterocycles. The smallest absolute Gasteiger partial charge is 0.166 e. The Balaban J connectivity index is 1.84. The molecule has 0 aliphatic heterocycles. The number of ketones is 1. The summed E-state index contributed by atoms with van der Waals surface area (Å²) in [5, 5.41) is 0. The van der Waals surface area contributed by atoms with Gasteiger partial charge in [0.2, 0.25) is 0 Å². The fourth-order valence-electron chi connectivity index (χ4n) is 2.53. The van der Waals surface area contributed by atoms with Crippen molar-refractivity contribution in [2.24, 2.45) is 5.92 Å². The van der Waals surface area contributed by atoms with Crippen molar-refractivity contribution in [3.8, 4) is 0 Å². The van der Waals surface area contributed by atoms with E-state index in [9.17, 15) is 4.79 Å². The van der Waals surface area contributed by atoms with Gasteiger partial charge in [-0.05, 0) is 30.5 Å². The summed E-state index contributed by atoms with van der Waals surface area (Å²) in [5.41, 5.74) is 2.09. The fourth-order valence-corrected chi connectivity index (χ4v) is 2.53. The Morgan fingerprint density at radius 2 is 2.06 bits per heavy atom. The maximum absolute atomic E-state index is 12.3. The van der Waals surface area contributed by atoms with E-state index in [1.165, 1.54) is 5.56 Å². The van der Waals surface area contributed by atoms with Gasteiger partial charge in [0.15, 0.2) is 5.78 Å². The lowest BCUT2D eigenvalue weighted by molar-refractivity contribution is 0.0897. The molecule has 0 spiro atoms. The summed E-state index contributed by atoms with van der Waals surface area (Å²) in [6.45, 7) is 0. The highest BCUT2D eigenvalue weighted by atomic mass is 16.3. The number of aryl methyl sites for hydroxylation is 1. The van der Waals surface area contributed by atoms with Crippen molar-refractivity contribution in [3.63, 3.8) is 0 Å². The van der Waals surface area contributed by atoms with Crippen molar-refractivity contribution < 1.29 is 9.21 Å². The molecule has 0 amide bonds. The number of Topliss-reactive ketones (excluding diaryl/α,β-unsaturated/α-hetero) is 1. The number of furan rings is 1. The van der Waals surface area contributed by atoms with Gasteiger partial charge in [0.1, 0.15) is 5.76 Å². The molecule has 2 aromatic rings. The maximum atomic E-state index is 12.3. The zero-order valence-corrected chi connectivity index (χ0v) is 9.56. The normalized spacial score (nSPS) is 19.1. The van der Waals surface area contributed by atoms with Crippen LogP contribution in [0.1, 0.15) is 28.1 Å². The van der Waals surface area contributed by atoms with Gasteiger partial charge in [-0.3, -0.25) is 4.79 Å². The van der Waals surface area contributed by atoms with Crippen LogP contribution in [0.3, 0.4) is 0 Å². The van der Waals surface area contributed by atoms with E-state index in [0.29, 0.717) is 0 Å². The molecule has 1 aromatic carbocycles. The van der Waals surface area contributed by atoms with E-state index in [0.717, 1.165) is 30.6 Å². The lowest BCUT2D eigenvalue weighted by Crippen LogP contribution is -2.24. The Hall–Kier alpha value is -1.83. The minimum absolute atomic E-state index is 0.0797. The lowest BCUT2D eigenvalue weighted by Gasteiger charge is -2.22. The van der Waals surface area contributed by atoms with Crippen molar-refractivity contribution in [1.29, 1.82) is 0 Å². The molecule has 1 heterocycles. The second-order valence-electron chi connectivity index (χ2n) is 4.54. The quantitative estimate of drug-likeness (QED) is 0.786. The Morgan fingerprint density at radius 1 is 1.18 bits per heavy atom. The predicted octanol–water partition coefficient (Wildman–Crippen LogP) is 3.27. The van der Waals surface area contributed by atoms with Gasteiger partial charge in [0.05, 0.1) is 6.26 Å². The number of hydrogen-bond acceptors (Lipinski definition) is 2. The summed E-state index contributed by atoms with van der Waals surface area (Å²) in [4.78, 5) is 12.3. The fraction of sp³-hybridized carbons (Fsp3) is 0.267. The molecular weight excluding hydrogens is 212 g/mol. The molecule has 1 aliphatic rings. The van der Waals surface area contributed by atoms with Gasteiger partial charge < -0.3 is 4.42 Å². The van der Waals surface area contributed by atoms with E-state index in [-0.39, 0.29) is 11.7 Å². The molecule has 0 fully saturated rings. The molecular formula is C15H14O2. The highest BCUT2D eigenvalue weighted by Crippen LogP contribution is 2.27. The van der Waals surface area contributed by atoms with E-state index in [1.807, 2.05) is 30.3 Å². The minimum atomic E-state index is 0.0797. The van der Waals surface area contributed by atoms with E-state index >= 15 is 0 Å². The van der Waals surface area contributed by atoms with Crippen LogP contribution >= 0.6 is 0 Å². The summed E-state index contributed by atoms with van der Waals surface area (Å²) < 4.78 is 5.32. The van der Waals surface area contributed by atoms with E-state index in [2.05, 4.69) is 6.07 Å². The van der Waals surface area contributed by atoms with Gasteiger partial charge in [0, 0.05) is 17.9 Å². The van der Waals surface area contributed by atoms with Crippen LogP contribution in [0, 0.1) is 5.92 Å². The van der Waals surface area contributed by atoms with Crippen LogP contribution in [0.15, 0.2) is 47.1 Å². The molecule has 0 N–H and O–H groups in total. The Morgan fingerprint density at radius 3 is 2.88 bits per heavy atom. The van der Waals surface area contributed by atoms with Crippen molar-refractivity contribution >= 4 is 5.78 Å². The summed E-state index contributed by atoms with van der Waals surface area (Å²) >= 11 is 0. The third-order valence-corrected chi connectivity index (χ3v) is 3.44. The Labute approximate surface area is 100 Å². The zero-order chi connectivity index (χ0) is 11.7. The van der Waals surface area contributed by atoms with Crippen LogP contribution in [0.4, 0.5) is 0 Å². The molecule has 1 atom stereocenters. The van der Waals surface area contributed by atoms with E-state index < -0.39 is 0 Å². The van der Waals surface area contributed by atoms with Crippen LogP contribution in [-0.4, -0.2) is 5.78 Å². The van der Waals surface area contributed by atoms with Crippen LogP contribution in [0.25, 0.3) is 0 Å². The van der Waals surface area contributed by atoms with Crippen molar-refractivity contribution in [2.75, 3.05) is 0 Å². The average molecular weight is 226 g/mol. The monoisotopic (exact) mass is 226 g/mol. The minimum Gasteiger partial charge on any atom is -0.469 e. The molecule has 0 saturated carbocycles. The zero-order valence-electron chi connectivity index (χ0n) is 9.56. The van der Waals surface area contributed by atoms with Gasteiger partial charge in [0.25, 0.3) is 0 Å². The first-order chi connectivity index (χ1) is 8.34. The van der Waals surface area contributed by atoms with Crippen LogP contribution in [0.5, 0.6) is 0 Å². The molecule has 0 bridgehead atoms. The first kappa shape index (κ1) is 10.3. The Bertz CT molecular complexity index is 526. The van der Waals surface area contributed by atoms with Gasteiger partial charge in [-0.2, -0.15) is 0 Å². The van der Waals surface area contributed by atoms with Crippen LogP contribution < -0.4 is 0 Å². The number of fused-ring (bicyclic) bond motifs is 1. The molecule has 1 unspecified atom stereocenters. The summed E-state index contributed by atoms with van der Waals surface area (Å²) in [5.74, 6) is 1.25. The van der Waals surface area contributed by atoms with Crippen molar-refractivity contribution in [1.82, 2.24) is 0 Å². The van der Waals surface area contributed by atoms with Crippen LogP contribution in [0.2, 0.25) is 0 Å². The topological polar surface area (TPSA) is 30.2 Å². The van der Waals surface area contributed by atoms with Gasteiger partial charge in [-0.25, -0.2) is 0 Å². The second-order valence-corrected chi connectivity index (χ2v) is 4.54. The molecule has 0 radical (unpaired) electrons. The summed E-state index contributed by atoms with van der Waals surface area (Å²) in [7, 11) is 0. The third-order valence-electron chi connectivity index (χ3n) is 3.44. The largest absolute Gasteiger partial charge is 0.469 e. The first-order valence-corrected chi connectivity index (χ1v) is 5.99. The maximum Gasteiger partial charge on any atom is 0.166 e. The average Bonchev–Trinajstić information content (AvgIpc) is 2.86. The summed E-state index contributed by atoms with van der Waals surface area (Å²) in [6, 6.07) is 11.7. The SMILES string of the molecule is O=C1c2ccccc2CCC1Cc1ccco1. The molecule has 1 aliphatic carbocycles. The molecule has 2 heteroatoms. The van der Waals surface area contributed by atoms with Crippen molar-refractivity contribution in [2.45, 2.75) is 19.3 Å². The first-order valence-electron chi connectivity index (χ1n) is 5.99. The van der Waals surface area contributed by atoms with E-state index in [4.69, 9.17) is 4.42 Å². The third kappa shape index (κ3) is 1.91.